The van der Waals surface area contributed by atoms with E-state index in [1.54, 1.807) is 0 Å². The lowest BCUT2D eigenvalue weighted by molar-refractivity contribution is -0.122. The van der Waals surface area contributed by atoms with Gasteiger partial charge in [-0.3, -0.25) is 9.69 Å². The van der Waals surface area contributed by atoms with E-state index in [4.69, 9.17) is 5.73 Å². The molecule has 0 aromatic carbocycles. The maximum atomic E-state index is 11.8. The van der Waals surface area contributed by atoms with Gasteiger partial charge in [0.15, 0.2) is 0 Å². The summed E-state index contributed by atoms with van der Waals surface area (Å²) in [7, 11) is 0. The summed E-state index contributed by atoms with van der Waals surface area (Å²) in [6, 6.07) is 0.527. The summed E-state index contributed by atoms with van der Waals surface area (Å²) in [5, 5.41) is 2.97. The van der Waals surface area contributed by atoms with Crippen LogP contribution in [0.4, 0.5) is 0 Å². The van der Waals surface area contributed by atoms with Crippen LogP contribution in [0.1, 0.15) is 45.4 Å². The molecule has 3 atom stereocenters. The smallest absolute Gasteiger partial charge is 0.234 e. The molecule has 1 saturated heterocycles. The van der Waals surface area contributed by atoms with Gasteiger partial charge in [0.05, 0.1) is 6.54 Å². The highest BCUT2D eigenvalue weighted by molar-refractivity contribution is 5.78. The Kier molecular flexibility index (Phi) is 5.64. The summed E-state index contributed by atoms with van der Waals surface area (Å²) < 4.78 is 0. The first-order valence-electron chi connectivity index (χ1n) is 7.95. The number of carbonyl (C=O) groups excluding carboxylic acids is 1. The van der Waals surface area contributed by atoms with E-state index in [0.717, 1.165) is 32.0 Å². The van der Waals surface area contributed by atoms with Gasteiger partial charge in [0, 0.05) is 19.1 Å². The van der Waals surface area contributed by atoms with Crippen molar-refractivity contribution in [3.8, 4) is 0 Å². The largest absolute Gasteiger partial charge is 0.355 e. The summed E-state index contributed by atoms with van der Waals surface area (Å²) in [6.07, 6.45) is 7.47. The van der Waals surface area contributed by atoms with Crippen molar-refractivity contribution in [2.45, 2.75) is 51.5 Å². The zero-order chi connectivity index (χ0) is 13.7. The second-order valence-electron chi connectivity index (χ2n) is 6.20. The van der Waals surface area contributed by atoms with Gasteiger partial charge in [0.2, 0.25) is 5.91 Å². The minimum atomic E-state index is 0.186. The molecule has 1 aliphatic carbocycles. The summed E-state index contributed by atoms with van der Waals surface area (Å²) >= 11 is 0. The Balaban J connectivity index is 2.01. The first-order valence-corrected chi connectivity index (χ1v) is 7.95. The van der Waals surface area contributed by atoms with Crippen LogP contribution in [-0.4, -0.2) is 43.0 Å². The van der Waals surface area contributed by atoms with Gasteiger partial charge in [-0.25, -0.2) is 0 Å². The molecular weight excluding hydrogens is 238 g/mol. The number of nitrogens with two attached hydrogens (primary N) is 1. The molecule has 110 valence electrons. The molecule has 0 radical (unpaired) electrons. The predicted molar refractivity (Wildman–Crippen MR) is 77.8 cm³/mol. The van der Waals surface area contributed by atoms with Crippen LogP contribution < -0.4 is 11.1 Å². The fourth-order valence-electron chi connectivity index (χ4n) is 3.80. The molecule has 4 nitrogen and oxygen atoms in total. The quantitative estimate of drug-likeness (QED) is 0.808. The first-order chi connectivity index (χ1) is 9.24. The van der Waals surface area contributed by atoms with E-state index in [1.807, 2.05) is 0 Å². The van der Waals surface area contributed by atoms with Crippen molar-refractivity contribution in [2.75, 3.05) is 26.2 Å². The summed E-state index contributed by atoms with van der Waals surface area (Å²) in [5.41, 5.74) is 5.97. The van der Waals surface area contributed by atoms with E-state index >= 15 is 0 Å². The third kappa shape index (κ3) is 3.93. The molecular formula is C15H29N3O. The molecule has 4 heteroatoms. The normalized spacial score (nSPS) is 33.8. The van der Waals surface area contributed by atoms with E-state index in [1.165, 1.54) is 32.1 Å². The van der Waals surface area contributed by atoms with E-state index in [0.29, 0.717) is 18.5 Å². The van der Waals surface area contributed by atoms with Gasteiger partial charge >= 0.3 is 0 Å². The van der Waals surface area contributed by atoms with Crippen LogP contribution in [0.15, 0.2) is 0 Å². The molecule has 1 aliphatic heterocycles. The number of amides is 1. The van der Waals surface area contributed by atoms with Gasteiger partial charge in [0.25, 0.3) is 0 Å². The van der Waals surface area contributed by atoms with Crippen molar-refractivity contribution in [1.29, 1.82) is 0 Å². The molecule has 3 N–H and O–H groups in total. The van der Waals surface area contributed by atoms with E-state index in [9.17, 15) is 4.79 Å². The Bertz CT molecular complexity index is 295. The Labute approximate surface area is 117 Å². The maximum absolute atomic E-state index is 11.8. The lowest BCUT2D eigenvalue weighted by Gasteiger charge is -2.42. The van der Waals surface area contributed by atoms with Gasteiger partial charge in [-0.05, 0) is 37.6 Å². The molecule has 2 rings (SSSR count). The number of hydrogen-bond acceptors (Lipinski definition) is 3. The summed E-state index contributed by atoms with van der Waals surface area (Å²) in [5.74, 6) is 1.61. The van der Waals surface area contributed by atoms with Crippen molar-refractivity contribution >= 4 is 5.91 Å². The lowest BCUT2D eigenvalue weighted by Crippen LogP contribution is -2.49. The Morgan fingerprint density at radius 3 is 3.00 bits per heavy atom. The second kappa shape index (κ2) is 7.25. The molecule has 0 aromatic rings. The molecule has 0 bridgehead atoms. The highest BCUT2D eigenvalue weighted by atomic mass is 16.2. The molecule has 3 unspecified atom stereocenters. The maximum Gasteiger partial charge on any atom is 0.234 e. The number of hydrogen-bond donors (Lipinski definition) is 2. The van der Waals surface area contributed by atoms with Crippen LogP contribution >= 0.6 is 0 Å². The van der Waals surface area contributed by atoms with Crippen molar-refractivity contribution in [3.63, 3.8) is 0 Å². The third-order valence-corrected chi connectivity index (χ3v) is 4.82. The summed E-state index contributed by atoms with van der Waals surface area (Å²) in [4.78, 5) is 14.2. The van der Waals surface area contributed by atoms with Crippen LogP contribution in [0.5, 0.6) is 0 Å². The molecule has 1 saturated carbocycles. The minimum Gasteiger partial charge on any atom is -0.355 e. The van der Waals surface area contributed by atoms with E-state index < -0.39 is 0 Å². The molecule has 2 aliphatic rings. The molecule has 0 spiro atoms. The molecule has 1 heterocycles. The van der Waals surface area contributed by atoms with Gasteiger partial charge in [-0.15, -0.1) is 0 Å². The summed E-state index contributed by atoms with van der Waals surface area (Å²) in [6.45, 7) is 5.47. The minimum absolute atomic E-state index is 0.186. The van der Waals surface area contributed by atoms with Crippen LogP contribution in [0, 0.1) is 11.8 Å². The fourth-order valence-corrected chi connectivity index (χ4v) is 3.80. The number of carbonyl (C=O) groups is 1. The van der Waals surface area contributed by atoms with Gasteiger partial charge in [-0.2, -0.15) is 0 Å². The van der Waals surface area contributed by atoms with Crippen LogP contribution in [0.3, 0.4) is 0 Å². The Hall–Kier alpha value is -0.610. The van der Waals surface area contributed by atoms with Crippen LogP contribution in [0.2, 0.25) is 0 Å². The topological polar surface area (TPSA) is 58.4 Å². The van der Waals surface area contributed by atoms with Crippen molar-refractivity contribution < 1.29 is 4.79 Å². The van der Waals surface area contributed by atoms with Crippen molar-refractivity contribution in [2.24, 2.45) is 17.6 Å². The Morgan fingerprint density at radius 2 is 2.26 bits per heavy atom. The monoisotopic (exact) mass is 267 g/mol. The van der Waals surface area contributed by atoms with Gasteiger partial charge in [0.1, 0.15) is 0 Å². The zero-order valence-electron chi connectivity index (χ0n) is 12.2. The van der Waals surface area contributed by atoms with Crippen LogP contribution in [-0.2, 0) is 4.79 Å². The average Bonchev–Trinajstić information content (AvgIpc) is 2.64. The zero-order valence-corrected chi connectivity index (χ0v) is 12.2. The average molecular weight is 267 g/mol. The number of rotatable bonds is 4. The van der Waals surface area contributed by atoms with Crippen molar-refractivity contribution in [1.82, 2.24) is 10.2 Å². The van der Waals surface area contributed by atoms with Gasteiger partial charge in [-0.1, -0.05) is 26.2 Å². The van der Waals surface area contributed by atoms with E-state index in [2.05, 4.69) is 17.1 Å². The number of nitrogens with zero attached hydrogens (tertiary/aromatic N) is 1. The van der Waals surface area contributed by atoms with Crippen LogP contribution in [0.25, 0.3) is 0 Å². The number of nitrogens with one attached hydrogen (secondary N) is 1. The molecule has 19 heavy (non-hydrogen) atoms. The first kappa shape index (κ1) is 14.8. The fraction of sp³-hybridized carbons (Fsp3) is 0.933. The third-order valence-electron chi connectivity index (χ3n) is 4.82. The Morgan fingerprint density at radius 1 is 1.42 bits per heavy atom. The lowest BCUT2D eigenvalue weighted by atomic mass is 9.76. The predicted octanol–water partition coefficient (Wildman–Crippen LogP) is 1.35. The molecule has 0 aromatic heterocycles. The standard InChI is InChI=1S/C15H29N3O/c1-2-4-12-5-6-13(10-16)14(9-12)18-8-3-7-17-15(19)11-18/h12-14H,2-11,16H2,1H3,(H,17,19). The SMILES string of the molecule is CCCC1CCC(CN)C(N2CCCNC(=O)C2)C1. The molecule has 1 amide bonds. The van der Waals surface area contributed by atoms with Gasteiger partial charge < -0.3 is 11.1 Å². The second-order valence-corrected chi connectivity index (χ2v) is 6.20. The molecule has 2 fully saturated rings. The highest BCUT2D eigenvalue weighted by Crippen LogP contribution is 2.34. The van der Waals surface area contributed by atoms with Crippen molar-refractivity contribution in [3.05, 3.63) is 0 Å². The van der Waals surface area contributed by atoms with E-state index in [-0.39, 0.29) is 5.91 Å². The highest BCUT2D eigenvalue weighted by Gasteiger charge is 2.34.